The molecule has 0 spiro atoms. The lowest BCUT2D eigenvalue weighted by molar-refractivity contribution is 0.258. The van der Waals surface area contributed by atoms with Crippen molar-refractivity contribution in [3.8, 4) is 0 Å². The fraction of sp³-hybridized carbons (Fsp3) is 0.600. The van der Waals surface area contributed by atoms with Gasteiger partial charge in [-0.1, -0.05) is 49.6 Å². The molecule has 0 aliphatic heterocycles. The van der Waals surface area contributed by atoms with Crippen molar-refractivity contribution in [1.29, 1.82) is 0 Å². The molecule has 20 heavy (non-hydrogen) atoms. The van der Waals surface area contributed by atoms with Crippen LogP contribution in [0, 0.1) is 5.92 Å². The fourth-order valence-corrected chi connectivity index (χ4v) is 4.52. The van der Waals surface area contributed by atoms with Crippen LogP contribution in [0.5, 0.6) is 0 Å². The fourth-order valence-electron chi connectivity index (χ4n) is 2.83. The maximum absolute atomic E-state index is 12.2. The molecule has 2 rings (SSSR count). The van der Waals surface area contributed by atoms with Crippen LogP contribution in [0.2, 0.25) is 0 Å². The van der Waals surface area contributed by atoms with Crippen LogP contribution in [0.1, 0.15) is 43.7 Å². The third-order valence-corrected chi connectivity index (χ3v) is 5.44. The SMILES string of the molecule is O=S(=O)(CC1CCCCC1)N[C@@H](CO)c1ccccc1. The van der Waals surface area contributed by atoms with Crippen LogP contribution in [0.25, 0.3) is 0 Å². The van der Waals surface area contributed by atoms with Crippen molar-refractivity contribution in [2.75, 3.05) is 12.4 Å². The first-order valence-corrected chi connectivity index (χ1v) is 8.92. The first kappa shape index (κ1) is 15.5. The Labute approximate surface area is 121 Å². The minimum Gasteiger partial charge on any atom is -0.394 e. The van der Waals surface area contributed by atoms with Crippen LogP contribution in [-0.4, -0.2) is 25.9 Å². The Morgan fingerprint density at radius 1 is 1.15 bits per heavy atom. The van der Waals surface area contributed by atoms with Crippen molar-refractivity contribution in [2.24, 2.45) is 5.92 Å². The van der Waals surface area contributed by atoms with Crippen LogP contribution >= 0.6 is 0 Å². The maximum Gasteiger partial charge on any atom is 0.212 e. The molecule has 1 aromatic rings. The molecule has 1 fully saturated rings. The van der Waals surface area contributed by atoms with Crippen LogP contribution in [0.4, 0.5) is 0 Å². The van der Waals surface area contributed by atoms with Crippen molar-refractivity contribution < 1.29 is 13.5 Å². The molecule has 1 aromatic carbocycles. The van der Waals surface area contributed by atoms with E-state index in [1.165, 1.54) is 6.42 Å². The van der Waals surface area contributed by atoms with E-state index >= 15 is 0 Å². The van der Waals surface area contributed by atoms with Crippen LogP contribution in [0.15, 0.2) is 30.3 Å². The molecule has 2 N–H and O–H groups in total. The molecule has 0 aromatic heterocycles. The summed E-state index contributed by atoms with van der Waals surface area (Å²) in [5.74, 6) is 0.437. The summed E-state index contributed by atoms with van der Waals surface area (Å²) in [7, 11) is -3.35. The molecule has 5 heteroatoms. The minimum absolute atomic E-state index is 0.177. The highest BCUT2D eigenvalue weighted by molar-refractivity contribution is 7.89. The molecule has 112 valence electrons. The van der Waals surface area contributed by atoms with Gasteiger partial charge in [0.2, 0.25) is 10.0 Å². The monoisotopic (exact) mass is 297 g/mol. The quantitative estimate of drug-likeness (QED) is 0.846. The highest BCUT2D eigenvalue weighted by atomic mass is 32.2. The number of rotatable bonds is 6. The average Bonchev–Trinajstić information content (AvgIpc) is 2.46. The van der Waals surface area contributed by atoms with Crippen molar-refractivity contribution in [1.82, 2.24) is 4.72 Å². The molecular formula is C15H23NO3S. The van der Waals surface area contributed by atoms with Crippen molar-refractivity contribution in [3.63, 3.8) is 0 Å². The first-order valence-electron chi connectivity index (χ1n) is 7.26. The highest BCUT2D eigenvalue weighted by Gasteiger charge is 2.24. The van der Waals surface area contributed by atoms with Crippen molar-refractivity contribution >= 4 is 10.0 Å². The third kappa shape index (κ3) is 4.58. The molecule has 1 atom stereocenters. The standard InChI is InChI=1S/C15H23NO3S/c17-11-15(14-9-5-2-6-10-14)16-20(18,19)12-13-7-3-1-4-8-13/h2,5-6,9-10,13,15-17H,1,3-4,7-8,11-12H2/t15-/m0/s1. The zero-order chi connectivity index (χ0) is 14.4. The summed E-state index contributed by atoms with van der Waals surface area (Å²) < 4.78 is 27.1. The van der Waals surface area contributed by atoms with Gasteiger partial charge in [0.15, 0.2) is 0 Å². The summed E-state index contributed by atoms with van der Waals surface area (Å²) in [6.45, 7) is -0.228. The molecule has 1 aliphatic rings. The summed E-state index contributed by atoms with van der Waals surface area (Å²) in [4.78, 5) is 0. The average molecular weight is 297 g/mol. The van der Waals surface area contributed by atoms with Crippen LogP contribution in [0.3, 0.4) is 0 Å². The van der Waals surface area contributed by atoms with E-state index in [1.54, 1.807) is 0 Å². The van der Waals surface area contributed by atoms with Gasteiger partial charge in [0.05, 0.1) is 18.4 Å². The van der Waals surface area contributed by atoms with E-state index in [2.05, 4.69) is 4.72 Å². The Kier molecular flexibility index (Phi) is 5.57. The van der Waals surface area contributed by atoms with Gasteiger partial charge in [-0.2, -0.15) is 0 Å². The Hall–Kier alpha value is -0.910. The maximum atomic E-state index is 12.2. The van der Waals surface area contributed by atoms with Crippen LogP contribution < -0.4 is 4.72 Å². The summed E-state index contributed by atoms with van der Waals surface area (Å²) in [5.41, 5.74) is 0.794. The smallest absolute Gasteiger partial charge is 0.212 e. The zero-order valence-electron chi connectivity index (χ0n) is 11.7. The van der Waals surface area contributed by atoms with E-state index < -0.39 is 16.1 Å². The van der Waals surface area contributed by atoms with Crippen LogP contribution in [-0.2, 0) is 10.0 Å². The number of hydrogen-bond donors (Lipinski definition) is 2. The molecule has 0 saturated heterocycles. The van der Waals surface area contributed by atoms with Gasteiger partial charge in [0, 0.05) is 0 Å². The molecule has 1 aliphatic carbocycles. The van der Waals surface area contributed by atoms with E-state index in [-0.39, 0.29) is 18.3 Å². The van der Waals surface area contributed by atoms with Crippen molar-refractivity contribution in [2.45, 2.75) is 38.1 Å². The zero-order valence-corrected chi connectivity index (χ0v) is 12.5. The van der Waals surface area contributed by atoms with E-state index in [4.69, 9.17) is 0 Å². The van der Waals surface area contributed by atoms with E-state index in [1.807, 2.05) is 30.3 Å². The summed E-state index contributed by atoms with van der Waals surface area (Å²) in [6, 6.07) is 8.65. The largest absolute Gasteiger partial charge is 0.394 e. The van der Waals surface area contributed by atoms with Crippen molar-refractivity contribution in [3.05, 3.63) is 35.9 Å². The predicted molar refractivity (Wildman–Crippen MR) is 79.8 cm³/mol. The number of hydrogen-bond acceptors (Lipinski definition) is 3. The molecule has 0 amide bonds. The van der Waals surface area contributed by atoms with E-state index in [9.17, 15) is 13.5 Å². The second kappa shape index (κ2) is 7.20. The Morgan fingerprint density at radius 3 is 2.40 bits per heavy atom. The minimum atomic E-state index is -3.35. The number of aliphatic hydroxyl groups is 1. The Morgan fingerprint density at radius 2 is 1.80 bits per heavy atom. The van der Waals surface area contributed by atoms with Gasteiger partial charge < -0.3 is 5.11 Å². The van der Waals surface area contributed by atoms with Gasteiger partial charge in [-0.15, -0.1) is 0 Å². The second-order valence-corrected chi connectivity index (χ2v) is 7.35. The molecule has 0 bridgehead atoms. The second-order valence-electron chi connectivity index (χ2n) is 5.55. The molecule has 0 unspecified atom stereocenters. The van der Waals surface area contributed by atoms with Gasteiger partial charge in [-0.05, 0) is 24.3 Å². The number of aliphatic hydroxyl groups excluding tert-OH is 1. The molecule has 0 heterocycles. The highest BCUT2D eigenvalue weighted by Crippen LogP contribution is 2.25. The Balaban J connectivity index is 1.98. The van der Waals surface area contributed by atoms with Gasteiger partial charge in [-0.3, -0.25) is 0 Å². The van der Waals surface area contributed by atoms with Gasteiger partial charge in [-0.25, -0.2) is 13.1 Å². The third-order valence-electron chi connectivity index (χ3n) is 3.89. The summed E-state index contributed by atoms with van der Waals surface area (Å²) in [6.07, 6.45) is 5.46. The van der Waals surface area contributed by atoms with Gasteiger partial charge in [0.25, 0.3) is 0 Å². The molecular weight excluding hydrogens is 274 g/mol. The molecule has 0 radical (unpaired) electrons. The molecule has 1 saturated carbocycles. The number of nitrogens with one attached hydrogen (secondary N) is 1. The lowest BCUT2D eigenvalue weighted by Gasteiger charge is -2.23. The topological polar surface area (TPSA) is 66.4 Å². The van der Waals surface area contributed by atoms with Gasteiger partial charge >= 0.3 is 0 Å². The van der Waals surface area contributed by atoms with E-state index in [0.717, 1.165) is 31.2 Å². The number of sulfonamides is 1. The number of benzene rings is 1. The first-order chi connectivity index (χ1) is 9.61. The lowest BCUT2D eigenvalue weighted by Crippen LogP contribution is -2.35. The van der Waals surface area contributed by atoms with Gasteiger partial charge in [0.1, 0.15) is 0 Å². The normalized spacial score (nSPS) is 18.9. The predicted octanol–water partition coefficient (Wildman–Crippen LogP) is 2.22. The summed E-state index contributed by atoms with van der Waals surface area (Å²) >= 11 is 0. The lowest BCUT2D eigenvalue weighted by atomic mass is 9.91. The summed E-state index contributed by atoms with van der Waals surface area (Å²) in [5, 5.41) is 9.42. The Bertz CT molecular complexity index is 495. The van der Waals surface area contributed by atoms with E-state index in [0.29, 0.717) is 0 Å². The molecule has 4 nitrogen and oxygen atoms in total.